The molecule has 19 heavy (non-hydrogen) atoms. The number of hydrogen-bond acceptors (Lipinski definition) is 5. The lowest BCUT2D eigenvalue weighted by atomic mass is 10.1. The van der Waals surface area contributed by atoms with Crippen LogP contribution in [0.1, 0.15) is 26.5 Å². The van der Waals surface area contributed by atoms with Crippen LogP contribution in [0.2, 0.25) is 0 Å². The molecule has 3 N–H and O–H groups in total. The molecule has 0 aromatic carbocycles. The van der Waals surface area contributed by atoms with Crippen molar-refractivity contribution >= 4 is 11.5 Å². The molecule has 0 bridgehead atoms. The van der Waals surface area contributed by atoms with Crippen LogP contribution >= 0.6 is 0 Å². The highest BCUT2D eigenvalue weighted by molar-refractivity contribution is 5.66. The maximum Gasteiger partial charge on any atom is 0.150 e. The quantitative estimate of drug-likeness (QED) is 0.847. The van der Waals surface area contributed by atoms with E-state index in [1.54, 1.807) is 0 Å². The van der Waals surface area contributed by atoms with Crippen molar-refractivity contribution in [1.29, 1.82) is 0 Å². The molecule has 2 rings (SSSR count). The van der Waals surface area contributed by atoms with E-state index in [0.29, 0.717) is 6.54 Å². The first-order valence-electron chi connectivity index (χ1n) is 6.74. The molecule has 0 radical (unpaired) electrons. The molecular weight excluding hydrogens is 244 g/mol. The molecule has 0 amide bonds. The number of aromatic nitrogens is 2. The van der Waals surface area contributed by atoms with E-state index in [2.05, 4.69) is 10.00 Å². The van der Waals surface area contributed by atoms with E-state index in [0.717, 1.165) is 30.3 Å². The Labute approximate surface area is 114 Å². The van der Waals surface area contributed by atoms with Gasteiger partial charge in [0.2, 0.25) is 0 Å². The summed E-state index contributed by atoms with van der Waals surface area (Å²) >= 11 is 0. The predicted octanol–water partition coefficient (Wildman–Crippen LogP) is 0.770. The highest BCUT2D eigenvalue weighted by atomic mass is 16.5. The van der Waals surface area contributed by atoms with Crippen LogP contribution in [0.25, 0.3) is 0 Å². The van der Waals surface area contributed by atoms with Crippen LogP contribution in [0.4, 0.5) is 11.5 Å². The molecule has 1 aliphatic rings. The molecular formula is C13H24N4O2. The number of aliphatic hydroxyl groups is 1. The minimum absolute atomic E-state index is 0.0130. The summed E-state index contributed by atoms with van der Waals surface area (Å²) in [4.78, 5) is 2.17. The van der Waals surface area contributed by atoms with Crippen LogP contribution in [0.5, 0.6) is 0 Å². The second-order valence-electron chi connectivity index (χ2n) is 5.70. The lowest BCUT2D eigenvalue weighted by Crippen LogP contribution is -2.54. The zero-order chi connectivity index (χ0) is 14.2. The standard InChI is InChI=1S/C13H24N4O2/c1-5-17-12(11(14)9(2)15-17)16-6-10(7-18)19-13(3,4)8-16/h10,18H,5-8,14H2,1-4H3. The largest absolute Gasteiger partial charge is 0.394 e. The summed E-state index contributed by atoms with van der Waals surface area (Å²) in [5, 5.41) is 13.8. The third-order valence-corrected chi connectivity index (χ3v) is 3.43. The van der Waals surface area contributed by atoms with E-state index in [1.807, 2.05) is 32.4 Å². The maximum absolute atomic E-state index is 9.38. The molecule has 108 valence electrons. The van der Waals surface area contributed by atoms with Crippen LogP contribution in [0.3, 0.4) is 0 Å². The lowest BCUT2D eigenvalue weighted by molar-refractivity contribution is -0.101. The minimum Gasteiger partial charge on any atom is -0.394 e. The fourth-order valence-electron chi connectivity index (χ4n) is 2.69. The summed E-state index contributed by atoms with van der Waals surface area (Å²) < 4.78 is 7.75. The van der Waals surface area contributed by atoms with Gasteiger partial charge in [-0.1, -0.05) is 0 Å². The number of rotatable bonds is 3. The number of anilines is 2. The van der Waals surface area contributed by atoms with Gasteiger partial charge in [0.25, 0.3) is 0 Å². The van der Waals surface area contributed by atoms with Gasteiger partial charge in [0.05, 0.1) is 29.7 Å². The highest BCUT2D eigenvalue weighted by Gasteiger charge is 2.35. The fourth-order valence-corrected chi connectivity index (χ4v) is 2.69. The number of nitrogens with two attached hydrogens (primary N) is 1. The van der Waals surface area contributed by atoms with Crippen molar-refractivity contribution in [2.75, 3.05) is 30.3 Å². The normalized spacial score (nSPS) is 22.8. The van der Waals surface area contributed by atoms with Crippen molar-refractivity contribution in [2.45, 2.75) is 45.9 Å². The molecule has 1 aliphatic heterocycles. The average Bonchev–Trinajstić information content (AvgIpc) is 2.63. The number of hydrogen-bond donors (Lipinski definition) is 2. The number of aliphatic hydroxyl groups excluding tert-OH is 1. The first kappa shape index (κ1) is 14.1. The van der Waals surface area contributed by atoms with Crippen molar-refractivity contribution in [3.8, 4) is 0 Å². The Bertz CT molecular complexity index is 456. The summed E-state index contributed by atoms with van der Waals surface area (Å²) in [5.41, 5.74) is 7.41. The smallest absolute Gasteiger partial charge is 0.150 e. The van der Waals surface area contributed by atoms with Crippen molar-refractivity contribution < 1.29 is 9.84 Å². The Balaban J connectivity index is 2.35. The number of ether oxygens (including phenoxy) is 1. The van der Waals surface area contributed by atoms with Gasteiger partial charge in [0, 0.05) is 19.6 Å². The van der Waals surface area contributed by atoms with Gasteiger partial charge >= 0.3 is 0 Å². The summed E-state index contributed by atoms with van der Waals surface area (Å²) in [6, 6.07) is 0. The monoisotopic (exact) mass is 268 g/mol. The summed E-state index contributed by atoms with van der Waals surface area (Å²) in [6.45, 7) is 10.2. The zero-order valence-electron chi connectivity index (χ0n) is 12.2. The van der Waals surface area contributed by atoms with Crippen LogP contribution in [-0.4, -0.2) is 46.3 Å². The van der Waals surface area contributed by atoms with E-state index in [9.17, 15) is 5.11 Å². The molecule has 2 heterocycles. The van der Waals surface area contributed by atoms with Crippen molar-refractivity contribution in [3.63, 3.8) is 0 Å². The second kappa shape index (κ2) is 5.02. The Morgan fingerprint density at radius 2 is 2.21 bits per heavy atom. The Morgan fingerprint density at radius 3 is 2.79 bits per heavy atom. The third-order valence-electron chi connectivity index (χ3n) is 3.43. The van der Waals surface area contributed by atoms with Gasteiger partial charge in [0.15, 0.2) is 5.82 Å². The molecule has 1 aromatic rings. The van der Waals surface area contributed by atoms with E-state index in [1.165, 1.54) is 0 Å². The van der Waals surface area contributed by atoms with Gasteiger partial charge in [-0.3, -0.25) is 0 Å². The molecule has 1 fully saturated rings. The molecule has 1 aromatic heterocycles. The number of nitrogens with zero attached hydrogens (tertiary/aromatic N) is 3. The third kappa shape index (κ3) is 2.69. The van der Waals surface area contributed by atoms with E-state index in [4.69, 9.17) is 10.5 Å². The van der Waals surface area contributed by atoms with Crippen LogP contribution < -0.4 is 10.6 Å². The van der Waals surface area contributed by atoms with Crippen molar-refractivity contribution in [1.82, 2.24) is 9.78 Å². The van der Waals surface area contributed by atoms with Crippen molar-refractivity contribution in [2.24, 2.45) is 0 Å². The molecule has 6 heteroatoms. The van der Waals surface area contributed by atoms with E-state index >= 15 is 0 Å². The molecule has 0 aliphatic carbocycles. The van der Waals surface area contributed by atoms with Crippen molar-refractivity contribution in [3.05, 3.63) is 5.69 Å². The van der Waals surface area contributed by atoms with Crippen LogP contribution in [0.15, 0.2) is 0 Å². The first-order chi connectivity index (χ1) is 8.88. The second-order valence-corrected chi connectivity index (χ2v) is 5.70. The zero-order valence-corrected chi connectivity index (χ0v) is 12.2. The van der Waals surface area contributed by atoms with Crippen LogP contribution in [-0.2, 0) is 11.3 Å². The average molecular weight is 268 g/mol. The highest BCUT2D eigenvalue weighted by Crippen LogP contribution is 2.31. The minimum atomic E-state index is -0.311. The molecule has 1 unspecified atom stereocenters. The number of morpholine rings is 1. The molecule has 1 atom stereocenters. The maximum atomic E-state index is 9.38. The molecule has 6 nitrogen and oxygen atoms in total. The fraction of sp³-hybridized carbons (Fsp3) is 0.769. The summed E-state index contributed by atoms with van der Waals surface area (Å²) in [7, 11) is 0. The van der Waals surface area contributed by atoms with E-state index in [-0.39, 0.29) is 18.3 Å². The summed E-state index contributed by atoms with van der Waals surface area (Å²) in [6.07, 6.45) is -0.191. The Kier molecular flexibility index (Phi) is 3.73. The van der Waals surface area contributed by atoms with Gasteiger partial charge in [-0.05, 0) is 27.7 Å². The Morgan fingerprint density at radius 1 is 1.53 bits per heavy atom. The molecule has 1 saturated heterocycles. The Hall–Kier alpha value is -1.27. The predicted molar refractivity (Wildman–Crippen MR) is 75.3 cm³/mol. The lowest BCUT2D eigenvalue weighted by Gasteiger charge is -2.43. The van der Waals surface area contributed by atoms with Gasteiger partial charge in [0.1, 0.15) is 0 Å². The number of nitrogen functional groups attached to an aromatic ring is 1. The molecule has 0 spiro atoms. The van der Waals surface area contributed by atoms with Gasteiger partial charge in [-0.2, -0.15) is 5.10 Å². The SMILES string of the molecule is CCn1nc(C)c(N)c1N1CC(CO)OC(C)(C)C1. The van der Waals surface area contributed by atoms with Gasteiger partial charge in [-0.25, -0.2) is 4.68 Å². The molecule has 0 saturated carbocycles. The summed E-state index contributed by atoms with van der Waals surface area (Å²) in [5.74, 6) is 0.940. The van der Waals surface area contributed by atoms with Gasteiger partial charge < -0.3 is 20.5 Å². The number of aryl methyl sites for hydroxylation is 2. The van der Waals surface area contributed by atoms with Crippen LogP contribution in [0, 0.1) is 6.92 Å². The topological polar surface area (TPSA) is 76.5 Å². The van der Waals surface area contributed by atoms with Gasteiger partial charge in [-0.15, -0.1) is 0 Å². The first-order valence-corrected chi connectivity index (χ1v) is 6.74. The van der Waals surface area contributed by atoms with E-state index < -0.39 is 0 Å².